The van der Waals surface area contributed by atoms with Crippen molar-refractivity contribution in [1.29, 1.82) is 0 Å². The van der Waals surface area contributed by atoms with E-state index in [1.165, 1.54) is 51.6 Å². The van der Waals surface area contributed by atoms with Gasteiger partial charge in [0.2, 0.25) is 0 Å². The second-order valence-corrected chi connectivity index (χ2v) is 6.92. The fourth-order valence-electron chi connectivity index (χ4n) is 2.88. The minimum absolute atomic E-state index is 0.415. The molecule has 2 heteroatoms. The van der Waals surface area contributed by atoms with Crippen molar-refractivity contribution in [1.82, 2.24) is 4.90 Å². The maximum atomic E-state index is 6.35. The average molecular weight is 254 g/mol. The van der Waals surface area contributed by atoms with Gasteiger partial charge in [-0.15, -0.1) is 0 Å². The molecule has 1 rings (SSSR count). The van der Waals surface area contributed by atoms with Gasteiger partial charge in [-0.2, -0.15) is 0 Å². The van der Waals surface area contributed by atoms with Gasteiger partial charge in [-0.3, -0.25) is 4.90 Å². The second kappa shape index (κ2) is 8.16. The lowest BCUT2D eigenvalue weighted by molar-refractivity contribution is 0.125. The highest BCUT2D eigenvalue weighted by atomic mass is 15.2. The lowest BCUT2D eigenvalue weighted by Crippen LogP contribution is -2.50. The Morgan fingerprint density at radius 1 is 0.944 bits per heavy atom. The van der Waals surface area contributed by atoms with Crippen LogP contribution < -0.4 is 5.73 Å². The zero-order valence-electron chi connectivity index (χ0n) is 13.0. The number of nitrogens with two attached hydrogens (primary N) is 1. The van der Waals surface area contributed by atoms with Crippen LogP contribution in [0.5, 0.6) is 0 Å². The summed E-state index contributed by atoms with van der Waals surface area (Å²) >= 11 is 0. The van der Waals surface area contributed by atoms with E-state index >= 15 is 0 Å². The van der Waals surface area contributed by atoms with Crippen molar-refractivity contribution in [3.63, 3.8) is 0 Å². The molecule has 18 heavy (non-hydrogen) atoms. The van der Waals surface area contributed by atoms with E-state index in [0.29, 0.717) is 12.1 Å². The molecule has 0 bridgehead atoms. The number of hydrogen-bond donors (Lipinski definition) is 1. The fraction of sp³-hybridized carbons (Fsp3) is 1.00. The summed E-state index contributed by atoms with van der Waals surface area (Å²) in [6, 6.07) is 1.06. The van der Waals surface area contributed by atoms with Gasteiger partial charge >= 0.3 is 0 Å². The SMILES string of the molecule is CC(C)CCN(CCC(C)C)[C@H]1CCCC[C@@H]1N. The minimum atomic E-state index is 0.415. The van der Waals surface area contributed by atoms with Crippen LogP contribution >= 0.6 is 0 Å². The molecule has 0 saturated heterocycles. The van der Waals surface area contributed by atoms with Crippen LogP contribution in [0.15, 0.2) is 0 Å². The Morgan fingerprint density at radius 2 is 1.44 bits per heavy atom. The number of hydrogen-bond acceptors (Lipinski definition) is 2. The summed E-state index contributed by atoms with van der Waals surface area (Å²) in [5.41, 5.74) is 6.35. The van der Waals surface area contributed by atoms with Gasteiger partial charge in [0, 0.05) is 12.1 Å². The minimum Gasteiger partial charge on any atom is -0.326 e. The zero-order valence-corrected chi connectivity index (χ0v) is 13.0. The van der Waals surface area contributed by atoms with E-state index in [0.717, 1.165) is 11.8 Å². The van der Waals surface area contributed by atoms with Crippen LogP contribution in [0.2, 0.25) is 0 Å². The van der Waals surface area contributed by atoms with Crippen LogP contribution in [0.25, 0.3) is 0 Å². The first-order valence-electron chi connectivity index (χ1n) is 8.00. The number of rotatable bonds is 7. The largest absolute Gasteiger partial charge is 0.326 e. The molecule has 108 valence electrons. The molecule has 1 fully saturated rings. The molecule has 0 unspecified atom stereocenters. The quantitative estimate of drug-likeness (QED) is 0.751. The number of nitrogens with zero attached hydrogens (tertiary/aromatic N) is 1. The molecule has 1 saturated carbocycles. The van der Waals surface area contributed by atoms with Crippen LogP contribution in [-0.2, 0) is 0 Å². The Morgan fingerprint density at radius 3 is 1.89 bits per heavy atom. The molecule has 1 aliphatic rings. The summed E-state index contributed by atoms with van der Waals surface area (Å²) in [5, 5.41) is 0. The molecule has 0 spiro atoms. The third-order valence-corrected chi connectivity index (χ3v) is 4.24. The van der Waals surface area contributed by atoms with Crippen LogP contribution in [0, 0.1) is 11.8 Å². The first kappa shape index (κ1) is 16.0. The molecule has 0 aromatic carbocycles. The van der Waals surface area contributed by atoms with Crippen molar-refractivity contribution < 1.29 is 0 Å². The second-order valence-electron chi connectivity index (χ2n) is 6.92. The third-order valence-electron chi connectivity index (χ3n) is 4.24. The predicted molar refractivity (Wildman–Crippen MR) is 80.7 cm³/mol. The molecule has 2 atom stereocenters. The Balaban J connectivity index is 2.50. The van der Waals surface area contributed by atoms with E-state index in [9.17, 15) is 0 Å². The standard InChI is InChI=1S/C16H34N2/c1-13(2)9-11-18(12-10-14(3)4)16-8-6-5-7-15(16)17/h13-16H,5-12,17H2,1-4H3/t15-,16-/m0/s1. The Hall–Kier alpha value is -0.0800. The van der Waals surface area contributed by atoms with E-state index in [-0.39, 0.29) is 0 Å². The molecular formula is C16H34N2. The summed E-state index contributed by atoms with van der Waals surface area (Å²) in [7, 11) is 0. The molecule has 0 amide bonds. The highest BCUT2D eigenvalue weighted by Gasteiger charge is 2.27. The maximum absolute atomic E-state index is 6.35. The molecule has 0 aromatic heterocycles. The van der Waals surface area contributed by atoms with Crippen molar-refractivity contribution in [3.05, 3.63) is 0 Å². The molecule has 0 aromatic rings. The van der Waals surface area contributed by atoms with Crippen molar-refractivity contribution in [2.45, 2.75) is 78.3 Å². The fourth-order valence-corrected chi connectivity index (χ4v) is 2.88. The highest BCUT2D eigenvalue weighted by molar-refractivity contribution is 4.86. The Bertz CT molecular complexity index is 201. The van der Waals surface area contributed by atoms with Gasteiger partial charge in [0.25, 0.3) is 0 Å². The van der Waals surface area contributed by atoms with Gasteiger partial charge in [-0.05, 0) is 50.6 Å². The third kappa shape index (κ3) is 5.71. The van der Waals surface area contributed by atoms with E-state index in [1.54, 1.807) is 0 Å². The van der Waals surface area contributed by atoms with Gasteiger partial charge in [-0.1, -0.05) is 40.5 Å². The lowest BCUT2D eigenvalue weighted by atomic mass is 9.89. The van der Waals surface area contributed by atoms with Crippen LogP contribution in [0.4, 0.5) is 0 Å². The monoisotopic (exact) mass is 254 g/mol. The van der Waals surface area contributed by atoms with Crippen LogP contribution in [0.1, 0.15) is 66.2 Å². The normalized spacial score (nSPS) is 25.3. The summed E-state index contributed by atoms with van der Waals surface area (Å²) in [5.74, 6) is 1.60. The Kier molecular flexibility index (Phi) is 7.25. The van der Waals surface area contributed by atoms with Gasteiger partial charge in [0.05, 0.1) is 0 Å². The molecule has 1 aliphatic carbocycles. The predicted octanol–water partition coefficient (Wildman–Crippen LogP) is 3.65. The first-order valence-corrected chi connectivity index (χ1v) is 8.00. The maximum Gasteiger partial charge on any atom is 0.0247 e. The summed E-state index contributed by atoms with van der Waals surface area (Å²) < 4.78 is 0. The molecule has 0 radical (unpaired) electrons. The van der Waals surface area contributed by atoms with E-state index in [2.05, 4.69) is 32.6 Å². The Labute approximate surface area is 114 Å². The van der Waals surface area contributed by atoms with Gasteiger partial charge < -0.3 is 5.73 Å². The van der Waals surface area contributed by atoms with Gasteiger partial charge in [0.1, 0.15) is 0 Å². The van der Waals surface area contributed by atoms with Gasteiger partial charge in [0.15, 0.2) is 0 Å². The molecular weight excluding hydrogens is 220 g/mol. The van der Waals surface area contributed by atoms with Crippen molar-refractivity contribution in [2.24, 2.45) is 17.6 Å². The zero-order chi connectivity index (χ0) is 13.5. The van der Waals surface area contributed by atoms with Crippen molar-refractivity contribution in [3.8, 4) is 0 Å². The topological polar surface area (TPSA) is 29.3 Å². The smallest absolute Gasteiger partial charge is 0.0247 e. The van der Waals surface area contributed by atoms with Gasteiger partial charge in [-0.25, -0.2) is 0 Å². The van der Waals surface area contributed by atoms with Crippen LogP contribution in [-0.4, -0.2) is 30.1 Å². The van der Waals surface area contributed by atoms with Crippen molar-refractivity contribution in [2.75, 3.05) is 13.1 Å². The molecule has 0 aliphatic heterocycles. The molecule has 0 heterocycles. The van der Waals surface area contributed by atoms with E-state index < -0.39 is 0 Å². The van der Waals surface area contributed by atoms with Crippen molar-refractivity contribution >= 4 is 0 Å². The molecule has 2 N–H and O–H groups in total. The van der Waals surface area contributed by atoms with E-state index in [4.69, 9.17) is 5.73 Å². The highest BCUT2D eigenvalue weighted by Crippen LogP contribution is 2.23. The summed E-state index contributed by atoms with van der Waals surface area (Å²) in [6.07, 6.45) is 7.86. The van der Waals surface area contributed by atoms with E-state index in [1.807, 2.05) is 0 Å². The summed E-state index contributed by atoms with van der Waals surface area (Å²) in [6.45, 7) is 11.8. The molecule has 2 nitrogen and oxygen atoms in total. The average Bonchev–Trinajstić information content (AvgIpc) is 2.30. The lowest BCUT2D eigenvalue weighted by Gasteiger charge is -2.39. The van der Waals surface area contributed by atoms with Crippen LogP contribution in [0.3, 0.4) is 0 Å². The summed E-state index contributed by atoms with van der Waals surface area (Å²) in [4.78, 5) is 2.70. The first-order chi connectivity index (χ1) is 8.50.